The van der Waals surface area contributed by atoms with E-state index in [1.54, 1.807) is 6.07 Å². The van der Waals surface area contributed by atoms with E-state index in [0.29, 0.717) is 12.1 Å². The van der Waals surface area contributed by atoms with E-state index in [9.17, 15) is 14.9 Å². The Bertz CT molecular complexity index is 1150. The predicted octanol–water partition coefficient (Wildman–Crippen LogP) is 6.38. The fourth-order valence-corrected chi connectivity index (χ4v) is 4.83. The van der Waals surface area contributed by atoms with Gasteiger partial charge in [0, 0.05) is 36.1 Å². The summed E-state index contributed by atoms with van der Waals surface area (Å²) in [5, 5.41) is 11.4. The molecule has 0 saturated heterocycles. The number of hydrogen-bond donors (Lipinski definition) is 0. The highest BCUT2D eigenvalue weighted by Gasteiger charge is 2.28. The van der Waals surface area contributed by atoms with Crippen LogP contribution in [-0.2, 0) is 13.1 Å². The SMILES string of the molecule is Cc1cccc(Cn2cccc2CN(C(=O)c2ccc(Cl)c([N+](=O)[O-])c2)C2CCCCC2)c1. The van der Waals surface area contributed by atoms with Gasteiger partial charge in [-0.05, 0) is 49.6 Å². The third-order valence-electron chi connectivity index (χ3n) is 6.36. The van der Waals surface area contributed by atoms with E-state index in [2.05, 4.69) is 35.8 Å². The first kappa shape index (κ1) is 23.1. The van der Waals surface area contributed by atoms with E-state index in [-0.39, 0.29) is 22.7 Å². The van der Waals surface area contributed by atoms with Crippen molar-refractivity contribution in [2.24, 2.45) is 0 Å². The standard InChI is InChI=1S/C26H28ClN3O3/c1-19-7-5-8-20(15-19)17-28-14-6-11-23(28)18-29(22-9-3-2-4-10-22)26(31)21-12-13-24(27)25(16-21)30(32)33/h5-8,11-16,22H,2-4,9-10,17-18H2,1H3. The van der Waals surface area contributed by atoms with Crippen LogP contribution in [-0.4, -0.2) is 26.3 Å². The van der Waals surface area contributed by atoms with Crippen molar-refractivity contribution in [1.82, 2.24) is 9.47 Å². The second kappa shape index (κ2) is 10.2. The van der Waals surface area contributed by atoms with Gasteiger partial charge < -0.3 is 9.47 Å². The summed E-state index contributed by atoms with van der Waals surface area (Å²) in [5.41, 5.74) is 3.52. The molecule has 7 heteroatoms. The van der Waals surface area contributed by atoms with Crippen LogP contribution in [0.5, 0.6) is 0 Å². The van der Waals surface area contributed by atoms with E-state index in [1.165, 1.54) is 29.7 Å². The number of carbonyl (C=O) groups excluding carboxylic acids is 1. The Balaban J connectivity index is 1.63. The number of nitro benzene ring substituents is 1. The molecule has 172 valence electrons. The summed E-state index contributed by atoms with van der Waals surface area (Å²) in [6.07, 6.45) is 7.27. The van der Waals surface area contributed by atoms with Crippen LogP contribution in [0.4, 0.5) is 5.69 Å². The molecule has 1 saturated carbocycles. The number of rotatable bonds is 7. The normalized spacial score (nSPS) is 14.2. The summed E-state index contributed by atoms with van der Waals surface area (Å²) in [6.45, 7) is 3.26. The van der Waals surface area contributed by atoms with Gasteiger partial charge in [-0.25, -0.2) is 0 Å². The summed E-state index contributed by atoms with van der Waals surface area (Å²) in [6, 6.07) is 16.9. The van der Waals surface area contributed by atoms with Gasteiger partial charge in [0.1, 0.15) is 5.02 Å². The van der Waals surface area contributed by atoms with Crippen LogP contribution in [0.2, 0.25) is 5.02 Å². The van der Waals surface area contributed by atoms with Gasteiger partial charge in [-0.3, -0.25) is 14.9 Å². The van der Waals surface area contributed by atoms with Crippen LogP contribution < -0.4 is 0 Å². The van der Waals surface area contributed by atoms with Crippen LogP contribution >= 0.6 is 11.6 Å². The quantitative estimate of drug-likeness (QED) is 0.300. The minimum atomic E-state index is -0.545. The van der Waals surface area contributed by atoms with Crippen molar-refractivity contribution >= 4 is 23.2 Å². The van der Waals surface area contributed by atoms with Gasteiger partial charge in [-0.15, -0.1) is 0 Å². The Labute approximate surface area is 198 Å². The molecule has 0 spiro atoms. The number of nitro groups is 1. The molecule has 0 N–H and O–H groups in total. The van der Waals surface area contributed by atoms with Crippen LogP contribution in [0.15, 0.2) is 60.8 Å². The molecule has 6 nitrogen and oxygen atoms in total. The lowest BCUT2D eigenvalue weighted by molar-refractivity contribution is -0.384. The third-order valence-corrected chi connectivity index (χ3v) is 6.68. The first-order chi connectivity index (χ1) is 15.9. The summed E-state index contributed by atoms with van der Waals surface area (Å²) in [5.74, 6) is -0.190. The molecule has 3 aromatic rings. The average Bonchev–Trinajstić information content (AvgIpc) is 3.24. The molecule has 4 rings (SSSR count). The molecule has 0 atom stereocenters. The molecule has 1 aliphatic carbocycles. The zero-order valence-corrected chi connectivity index (χ0v) is 19.5. The zero-order chi connectivity index (χ0) is 23.4. The zero-order valence-electron chi connectivity index (χ0n) is 18.7. The first-order valence-electron chi connectivity index (χ1n) is 11.4. The van der Waals surface area contributed by atoms with Crippen molar-refractivity contribution in [3.8, 4) is 0 Å². The fourth-order valence-electron chi connectivity index (χ4n) is 4.64. The number of carbonyl (C=O) groups is 1. The lowest BCUT2D eigenvalue weighted by Crippen LogP contribution is -2.41. The highest BCUT2D eigenvalue weighted by atomic mass is 35.5. The van der Waals surface area contributed by atoms with Crippen LogP contribution in [0.3, 0.4) is 0 Å². The van der Waals surface area contributed by atoms with Crippen molar-refractivity contribution in [2.75, 3.05) is 0 Å². The lowest BCUT2D eigenvalue weighted by atomic mass is 9.93. The maximum Gasteiger partial charge on any atom is 0.288 e. The molecule has 2 aromatic carbocycles. The van der Waals surface area contributed by atoms with Crippen molar-refractivity contribution in [3.05, 3.63) is 98.3 Å². The average molecular weight is 466 g/mol. The van der Waals surface area contributed by atoms with E-state index < -0.39 is 4.92 Å². The predicted molar refractivity (Wildman–Crippen MR) is 130 cm³/mol. The number of halogens is 1. The largest absolute Gasteiger partial charge is 0.345 e. The van der Waals surface area contributed by atoms with Crippen molar-refractivity contribution in [3.63, 3.8) is 0 Å². The number of hydrogen-bond acceptors (Lipinski definition) is 3. The van der Waals surface area contributed by atoms with E-state index in [0.717, 1.165) is 37.9 Å². The van der Waals surface area contributed by atoms with E-state index >= 15 is 0 Å². The number of benzene rings is 2. The monoisotopic (exact) mass is 465 g/mol. The first-order valence-corrected chi connectivity index (χ1v) is 11.7. The van der Waals surface area contributed by atoms with E-state index in [4.69, 9.17) is 11.6 Å². The van der Waals surface area contributed by atoms with Gasteiger partial charge in [0.15, 0.2) is 0 Å². The molecule has 0 bridgehead atoms. The Morgan fingerprint density at radius 1 is 1.12 bits per heavy atom. The molecular formula is C26H28ClN3O3. The molecule has 1 aromatic heterocycles. The maximum absolute atomic E-state index is 13.6. The van der Waals surface area contributed by atoms with Gasteiger partial charge in [0.25, 0.3) is 11.6 Å². The Morgan fingerprint density at radius 2 is 1.91 bits per heavy atom. The van der Waals surface area contributed by atoms with Gasteiger partial charge in [-0.1, -0.05) is 60.7 Å². The molecule has 1 fully saturated rings. The smallest absolute Gasteiger partial charge is 0.288 e. The number of aryl methyl sites for hydroxylation is 1. The minimum absolute atomic E-state index is 0.0350. The lowest BCUT2D eigenvalue weighted by Gasteiger charge is -2.35. The molecule has 1 heterocycles. The summed E-state index contributed by atoms with van der Waals surface area (Å²) < 4.78 is 2.17. The topological polar surface area (TPSA) is 68.4 Å². The third kappa shape index (κ3) is 5.45. The van der Waals surface area contributed by atoms with Gasteiger partial charge in [0.05, 0.1) is 11.5 Å². The second-order valence-corrected chi connectivity index (χ2v) is 9.17. The number of amides is 1. The molecular weight excluding hydrogens is 438 g/mol. The molecule has 1 amide bonds. The molecule has 0 radical (unpaired) electrons. The Kier molecular flexibility index (Phi) is 7.14. The van der Waals surface area contributed by atoms with Crippen molar-refractivity contribution < 1.29 is 9.72 Å². The molecule has 0 unspecified atom stereocenters. The summed E-state index contributed by atoms with van der Waals surface area (Å²) in [4.78, 5) is 26.3. The van der Waals surface area contributed by atoms with Crippen molar-refractivity contribution in [1.29, 1.82) is 0 Å². The minimum Gasteiger partial charge on any atom is -0.345 e. The summed E-state index contributed by atoms with van der Waals surface area (Å²) >= 11 is 5.98. The fraction of sp³-hybridized carbons (Fsp3) is 0.346. The van der Waals surface area contributed by atoms with Gasteiger partial charge >= 0.3 is 0 Å². The Hall–Kier alpha value is -3.12. The van der Waals surface area contributed by atoms with Crippen LogP contribution in [0, 0.1) is 17.0 Å². The van der Waals surface area contributed by atoms with Crippen LogP contribution in [0.1, 0.15) is 59.3 Å². The molecule has 33 heavy (non-hydrogen) atoms. The van der Waals surface area contributed by atoms with E-state index in [1.807, 2.05) is 23.2 Å². The summed E-state index contributed by atoms with van der Waals surface area (Å²) in [7, 11) is 0. The number of aromatic nitrogens is 1. The Morgan fingerprint density at radius 3 is 2.64 bits per heavy atom. The van der Waals surface area contributed by atoms with Crippen LogP contribution in [0.25, 0.3) is 0 Å². The second-order valence-electron chi connectivity index (χ2n) is 8.76. The number of nitrogens with zero attached hydrogens (tertiary/aromatic N) is 3. The van der Waals surface area contributed by atoms with Crippen molar-refractivity contribution in [2.45, 2.75) is 58.2 Å². The molecule has 0 aliphatic heterocycles. The van der Waals surface area contributed by atoms with Gasteiger partial charge in [-0.2, -0.15) is 0 Å². The van der Waals surface area contributed by atoms with Gasteiger partial charge in [0.2, 0.25) is 0 Å². The highest BCUT2D eigenvalue weighted by Crippen LogP contribution is 2.29. The molecule has 1 aliphatic rings. The maximum atomic E-state index is 13.6. The highest BCUT2D eigenvalue weighted by molar-refractivity contribution is 6.32.